The predicted molar refractivity (Wildman–Crippen MR) is 75.6 cm³/mol. The lowest BCUT2D eigenvalue weighted by atomic mass is 9.96. The van der Waals surface area contributed by atoms with Crippen LogP contribution in [0.3, 0.4) is 0 Å². The fraction of sp³-hybridized carbons (Fsp3) is 0.615. The van der Waals surface area contributed by atoms with Crippen molar-refractivity contribution in [3.63, 3.8) is 0 Å². The van der Waals surface area contributed by atoms with Crippen LogP contribution in [0.15, 0.2) is 6.07 Å². The molecule has 19 heavy (non-hydrogen) atoms. The highest BCUT2D eigenvalue weighted by atomic mass is 35.5. The zero-order valence-corrected chi connectivity index (χ0v) is 12.3. The highest BCUT2D eigenvalue weighted by molar-refractivity contribution is 6.29. The molecule has 1 aliphatic heterocycles. The fourth-order valence-electron chi connectivity index (χ4n) is 1.90. The molecule has 1 aromatic heterocycles. The van der Waals surface area contributed by atoms with Crippen LogP contribution < -0.4 is 10.2 Å². The lowest BCUT2D eigenvalue weighted by molar-refractivity contribution is -0.120. The maximum Gasteiger partial charge on any atom is 0.221 e. The van der Waals surface area contributed by atoms with E-state index in [1.54, 1.807) is 6.07 Å². The number of carbonyl (C=O) groups excluding carboxylic acids is 1. The summed E-state index contributed by atoms with van der Waals surface area (Å²) in [5.41, 5.74) is -0.153. The minimum atomic E-state index is -0.153. The maximum absolute atomic E-state index is 11.4. The number of halogens is 1. The molecule has 0 unspecified atom stereocenters. The second kappa shape index (κ2) is 5.33. The van der Waals surface area contributed by atoms with Gasteiger partial charge in [0.25, 0.3) is 0 Å². The topological polar surface area (TPSA) is 58.1 Å². The van der Waals surface area contributed by atoms with Gasteiger partial charge in [-0.2, -0.15) is 0 Å². The van der Waals surface area contributed by atoms with Crippen LogP contribution in [0, 0.1) is 0 Å². The van der Waals surface area contributed by atoms with Crippen molar-refractivity contribution in [2.45, 2.75) is 32.6 Å². The Balaban J connectivity index is 2.29. The smallest absolute Gasteiger partial charge is 0.221 e. The molecule has 5 nitrogen and oxygen atoms in total. The summed E-state index contributed by atoms with van der Waals surface area (Å²) in [6, 6.07) is 1.76. The summed E-state index contributed by atoms with van der Waals surface area (Å²) in [5.74, 6) is 1.60. The maximum atomic E-state index is 11.4. The van der Waals surface area contributed by atoms with Crippen LogP contribution in [0.2, 0.25) is 5.15 Å². The van der Waals surface area contributed by atoms with Crippen molar-refractivity contribution in [3.8, 4) is 0 Å². The molecule has 1 aromatic rings. The van der Waals surface area contributed by atoms with E-state index in [4.69, 9.17) is 11.6 Å². The van der Waals surface area contributed by atoms with E-state index in [0.29, 0.717) is 24.7 Å². The van der Waals surface area contributed by atoms with Crippen LogP contribution in [0.25, 0.3) is 0 Å². The third kappa shape index (κ3) is 3.56. The van der Waals surface area contributed by atoms with Gasteiger partial charge in [-0.05, 0) is 0 Å². The number of hydrogen-bond acceptors (Lipinski definition) is 4. The second-order valence-electron chi connectivity index (χ2n) is 5.71. The van der Waals surface area contributed by atoms with E-state index < -0.39 is 0 Å². The summed E-state index contributed by atoms with van der Waals surface area (Å²) >= 11 is 6.08. The summed E-state index contributed by atoms with van der Waals surface area (Å²) in [4.78, 5) is 22.3. The molecule has 2 rings (SSSR count). The molecule has 0 bridgehead atoms. The van der Waals surface area contributed by atoms with Gasteiger partial charge in [0.05, 0.1) is 0 Å². The number of carbonyl (C=O) groups is 1. The van der Waals surface area contributed by atoms with Crippen molar-refractivity contribution >= 4 is 23.3 Å². The molecular formula is C13H19ClN4O. The molecule has 6 heteroatoms. The van der Waals surface area contributed by atoms with E-state index in [1.165, 1.54) is 0 Å². The molecule has 1 aliphatic rings. The van der Waals surface area contributed by atoms with Crippen LogP contribution in [0.5, 0.6) is 0 Å². The molecule has 1 amide bonds. The van der Waals surface area contributed by atoms with Crippen LogP contribution in [0.1, 0.15) is 33.0 Å². The molecule has 1 saturated heterocycles. The fourth-order valence-corrected chi connectivity index (χ4v) is 2.08. The summed E-state index contributed by atoms with van der Waals surface area (Å²) in [6.45, 7) is 8.18. The van der Waals surface area contributed by atoms with Crippen molar-refractivity contribution in [2.24, 2.45) is 0 Å². The SMILES string of the molecule is CC(C)(C)c1nc(Cl)cc(N2CCNC(=O)CC2)n1. The normalized spacial score (nSPS) is 17.1. The molecule has 0 aliphatic carbocycles. The molecule has 0 spiro atoms. The quantitative estimate of drug-likeness (QED) is 0.798. The molecule has 1 fully saturated rings. The van der Waals surface area contributed by atoms with E-state index in [0.717, 1.165) is 18.2 Å². The minimum Gasteiger partial charge on any atom is -0.354 e. The van der Waals surface area contributed by atoms with Crippen molar-refractivity contribution in [2.75, 3.05) is 24.5 Å². The Morgan fingerprint density at radius 2 is 2.05 bits per heavy atom. The van der Waals surface area contributed by atoms with E-state index in [9.17, 15) is 4.79 Å². The van der Waals surface area contributed by atoms with Gasteiger partial charge in [-0.3, -0.25) is 4.79 Å². The minimum absolute atomic E-state index is 0.0821. The van der Waals surface area contributed by atoms with Gasteiger partial charge >= 0.3 is 0 Å². The number of anilines is 1. The van der Waals surface area contributed by atoms with Gasteiger partial charge in [-0.1, -0.05) is 32.4 Å². The first-order valence-electron chi connectivity index (χ1n) is 6.43. The summed E-state index contributed by atoms with van der Waals surface area (Å²) in [5, 5.41) is 3.29. The third-order valence-electron chi connectivity index (χ3n) is 2.99. The molecule has 1 N–H and O–H groups in total. The van der Waals surface area contributed by atoms with Crippen LogP contribution in [-0.4, -0.2) is 35.5 Å². The zero-order valence-electron chi connectivity index (χ0n) is 11.5. The first kappa shape index (κ1) is 14.1. The number of rotatable bonds is 1. The second-order valence-corrected chi connectivity index (χ2v) is 6.10. The highest BCUT2D eigenvalue weighted by Crippen LogP contribution is 2.24. The Kier molecular flexibility index (Phi) is 3.94. The predicted octanol–water partition coefficient (Wildman–Crippen LogP) is 1.75. The highest BCUT2D eigenvalue weighted by Gasteiger charge is 2.21. The average Bonchev–Trinajstić information content (AvgIpc) is 2.52. The van der Waals surface area contributed by atoms with Gasteiger partial charge in [0.15, 0.2) is 0 Å². The largest absolute Gasteiger partial charge is 0.354 e. The zero-order chi connectivity index (χ0) is 14.0. The Bertz CT molecular complexity index is 484. The summed E-state index contributed by atoms with van der Waals surface area (Å²) < 4.78 is 0. The number of nitrogens with zero attached hydrogens (tertiary/aromatic N) is 3. The van der Waals surface area contributed by atoms with E-state index in [-0.39, 0.29) is 11.3 Å². The number of hydrogen-bond donors (Lipinski definition) is 1. The Hall–Kier alpha value is -1.36. The molecule has 0 atom stereocenters. The van der Waals surface area contributed by atoms with Gasteiger partial charge in [-0.25, -0.2) is 9.97 Å². The average molecular weight is 283 g/mol. The molecular weight excluding hydrogens is 264 g/mol. The summed E-state index contributed by atoms with van der Waals surface area (Å²) in [7, 11) is 0. The lowest BCUT2D eigenvalue weighted by Gasteiger charge is -2.24. The van der Waals surface area contributed by atoms with Gasteiger partial charge in [0.2, 0.25) is 5.91 Å². The molecule has 104 valence electrons. The van der Waals surface area contributed by atoms with Crippen LogP contribution in [0.4, 0.5) is 5.82 Å². The van der Waals surface area contributed by atoms with E-state index in [1.807, 2.05) is 0 Å². The third-order valence-corrected chi connectivity index (χ3v) is 3.18. The Labute approximate surface area is 118 Å². The Morgan fingerprint density at radius 1 is 1.32 bits per heavy atom. The number of nitrogens with one attached hydrogen (secondary N) is 1. The molecule has 0 aromatic carbocycles. The van der Waals surface area contributed by atoms with Crippen molar-refractivity contribution in [1.82, 2.24) is 15.3 Å². The molecule has 0 radical (unpaired) electrons. The van der Waals surface area contributed by atoms with E-state index in [2.05, 4.69) is 41.0 Å². The first-order valence-corrected chi connectivity index (χ1v) is 6.81. The first-order chi connectivity index (χ1) is 8.86. The van der Waals surface area contributed by atoms with Crippen LogP contribution >= 0.6 is 11.6 Å². The van der Waals surface area contributed by atoms with Gasteiger partial charge in [0.1, 0.15) is 16.8 Å². The van der Waals surface area contributed by atoms with Gasteiger partial charge in [0, 0.05) is 37.5 Å². The molecule has 0 saturated carbocycles. The van der Waals surface area contributed by atoms with Crippen LogP contribution in [-0.2, 0) is 10.2 Å². The monoisotopic (exact) mass is 282 g/mol. The van der Waals surface area contributed by atoms with Crippen molar-refractivity contribution < 1.29 is 4.79 Å². The van der Waals surface area contributed by atoms with Gasteiger partial charge < -0.3 is 10.2 Å². The number of amides is 1. The summed E-state index contributed by atoms with van der Waals surface area (Å²) in [6.07, 6.45) is 0.479. The van der Waals surface area contributed by atoms with E-state index >= 15 is 0 Å². The van der Waals surface area contributed by atoms with Crippen molar-refractivity contribution in [1.29, 1.82) is 0 Å². The molecule has 2 heterocycles. The standard InChI is InChI=1S/C13H19ClN4O/c1-13(2,3)12-16-9(14)8-10(17-12)18-6-4-11(19)15-5-7-18/h8H,4-7H2,1-3H3,(H,15,19). The number of aromatic nitrogens is 2. The van der Waals surface area contributed by atoms with Gasteiger partial charge in [-0.15, -0.1) is 0 Å². The van der Waals surface area contributed by atoms with Crippen molar-refractivity contribution in [3.05, 3.63) is 17.0 Å². The lowest BCUT2D eigenvalue weighted by Crippen LogP contribution is -2.30. The Morgan fingerprint density at radius 3 is 2.74 bits per heavy atom.